The van der Waals surface area contributed by atoms with Crippen molar-refractivity contribution < 1.29 is 4.79 Å². The van der Waals surface area contributed by atoms with E-state index in [1.807, 2.05) is 30.3 Å². The van der Waals surface area contributed by atoms with E-state index >= 15 is 0 Å². The number of benzene rings is 1. The van der Waals surface area contributed by atoms with Crippen molar-refractivity contribution in [3.8, 4) is 0 Å². The molecule has 5 nitrogen and oxygen atoms in total. The summed E-state index contributed by atoms with van der Waals surface area (Å²) in [6.45, 7) is 1.44. The first-order valence-corrected chi connectivity index (χ1v) is 8.04. The normalized spacial score (nSPS) is 14.2. The standard InChI is InChI=1S/C17H22N4O/c22-17(11-10-14-7-3-1-4-8-14)18-13-16-20-19-15-9-5-2-6-12-21(15)16/h1,3-4,7-8H,2,5-6,9-13H2,(H,18,22). The molecule has 22 heavy (non-hydrogen) atoms. The van der Waals surface area contributed by atoms with Crippen LogP contribution in [0, 0.1) is 0 Å². The van der Waals surface area contributed by atoms with Crippen molar-refractivity contribution in [1.29, 1.82) is 0 Å². The number of carbonyl (C=O) groups excluding carboxylic acids is 1. The van der Waals surface area contributed by atoms with Gasteiger partial charge in [0.25, 0.3) is 0 Å². The van der Waals surface area contributed by atoms with Crippen LogP contribution in [0.3, 0.4) is 0 Å². The smallest absolute Gasteiger partial charge is 0.220 e. The molecule has 1 amide bonds. The number of rotatable bonds is 5. The van der Waals surface area contributed by atoms with Gasteiger partial charge in [-0.2, -0.15) is 0 Å². The Morgan fingerprint density at radius 1 is 1.14 bits per heavy atom. The third-order valence-electron chi connectivity index (χ3n) is 4.11. The molecule has 0 bridgehead atoms. The van der Waals surface area contributed by atoms with Crippen molar-refractivity contribution in [2.45, 2.75) is 51.6 Å². The molecule has 2 aromatic rings. The minimum atomic E-state index is 0.0647. The summed E-state index contributed by atoms with van der Waals surface area (Å²) in [6, 6.07) is 10.1. The lowest BCUT2D eigenvalue weighted by Gasteiger charge is -2.08. The minimum absolute atomic E-state index is 0.0647. The number of carbonyl (C=O) groups is 1. The van der Waals surface area contributed by atoms with Gasteiger partial charge >= 0.3 is 0 Å². The van der Waals surface area contributed by atoms with E-state index in [1.165, 1.54) is 24.8 Å². The van der Waals surface area contributed by atoms with Crippen LogP contribution >= 0.6 is 0 Å². The van der Waals surface area contributed by atoms with Crippen LogP contribution < -0.4 is 5.32 Å². The van der Waals surface area contributed by atoms with Crippen molar-refractivity contribution in [1.82, 2.24) is 20.1 Å². The van der Waals surface area contributed by atoms with E-state index in [0.717, 1.165) is 31.0 Å². The molecule has 1 aromatic heterocycles. The molecule has 1 aliphatic heterocycles. The predicted octanol–water partition coefficient (Wildman–Crippen LogP) is 2.25. The second kappa shape index (κ2) is 7.20. The Morgan fingerprint density at radius 2 is 2.00 bits per heavy atom. The third-order valence-corrected chi connectivity index (χ3v) is 4.11. The van der Waals surface area contributed by atoms with Crippen molar-refractivity contribution in [2.24, 2.45) is 0 Å². The molecule has 1 N–H and O–H groups in total. The molecular formula is C17H22N4O. The highest BCUT2D eigenvalue weighted by Crippen LogP contribution is 2.14. The van der Waals surface area contributed by atoms with Crippen LogP contribution in [0.25, 0.3) is 0 Å². The highest BCUT2D eigenvalue weighted by Gasteiger charge is 2.14. The maximum absolute atomic E-state index is 12.0. The molecule has 1 aromatic carbocycles. The first-order valence-electron chi connectivity index (χ1n) is 8.04. The molecule has 3 rings (SSSR count). The second-order valence-electron chi connectivity index (χ2n) is 5.76. The van der Waals surface area contributed by atoms with Gasteiger partial charge in [-0.25, -0.2) is 0 Å². The zero-order valence-electron chi connectivity index (χ0n) is 12.8. The van der Waals surface area contributed by atoms with E-state index in [-0.39, 0.29) is 5.91 Å². The Bertz CT molecular complexity index is 621. The van der Waals surface area contributed by atoms with Crippen molar-refractivity contribution in [3.63, 3.8) is 0 Å². The molecule has 0 saturated heterocycles. The fourth-order valence-corrected chi connectivity index (χ4v) is 2.84. The van der Waals surface area contributed by atoms with E-state index in [1.54, 1.807) is 0 Å². The SMILES string of the molecule is O=C(CCc1ccccc1)NCc1nnc2n1CCCCC2. The Kier molecular flexibility index (Phi) is 4.83. The summed E-state index contributed by atoms with van der Waals surface area (Å²) in [5, 5.41) is 11.4. The van der Waals surface area contributed by atoms with Gasteiger partial charge < -0.3 is 9.88 Å². The average Bonchev–Trinajstić information content (AvgIpc) is 2.78. The maximum atomic E-state index is 12.0. The molecule has 0 saturated carbocycles. The summed E-state index contributed by atoms with van der Waals surface area (Å²) >= 11 is 0. The van der Waals surface area contributed by atoms with Gasteiger partial charge in [0.2, 0.25) is 5.91 Å². The molecule has 116 valence electrons. The van der Waals surface area contributed by atoms with Gasteiger partial charge in [0.05, 0.1) is 6.54 Å². The highest BCUT2D eigenvalue weighted by atomic mass is 16.1. The Hall–Kier alpha value is -2.17. The summed E-state index contributed by atoms with van der Waals surface area (Å²) in [5.74, 6) is 2.01. The fourth-order valence-electron chi connectivity index (χ4n) is 2.84. The van der Waals surface area contributed by atoms with Crippen LogP contribution in [0.15, 0.2) is 30.3 Å². The largest absolute Gasteiger partial charge is 0.349 e. The van der Waals surface area contributed by atoms with Crippen LogP contribution in [-0.2, 0) is 30.7 Å². The van der Waals surface area contributed by atoms with Crippen molar-refractivity contribution >= 4 is 5.91 Å². The Balaban J connectivity index is 1.50. The molecule has 0 unspecified atom stereocenters. The average molecular weight is 298 g/mol. The first kappa shape index (κ1) is 14.8. The highest BCUT2D eigenvalue weighted by molar-refractivity contribution is 5.76. The van der Waals surface area contributed by atoms with Crippen LogP contribution in [0.1, 0.15) is 42.9 Å². The van der Waals surface area contributed by atoms with Gasteiger partial charge in [-0.05, 0) is 24.8 Å². The number of aromatic nitrogens is 3. The van der Waals surface area contributed by atoms with Gasteiger partial charge in [-0.1, -0.05) is 36.8 Å². The van der Waals surface area contributed by atoms with E-state index < -0.39 is 0 Å². The topological polar surface area (TPSA) is 59.8 Å². The second-order valence-corrected chi connectivity index (χ2v) is 5.76. The van der Waals surface area contributed by atoms with Gasteiger partial charge in [0, 0.05) is 19.4 Å². The molecule has 1 aliphatic rings. The molecule has 5 heteroatoms. The minimum Gasteiger partial charge on any atom is -0.349 e. The van der Waals surface area contributed by atoms with E-state index in [0.29, 0.717) is 13.0 Å². The van der Waals surface area contributed by atoms with E-state index in [4.69, 9.17) is 0 Å². The Labute approximate surface area is 130 Å². The lowest BCUT2D eigenvalue weighted by atomic mass is 10.1. The zero-order valence-corrected chi connectivity index (χ0v) is 12.8. The number of fused-ring (bicyclic) bond motifs is 1. The van der Waals surface area contributed by atoms with Gasteiger partial charge in [0.1, 0.15) is 5.82 Å². The molecule has 0 aliphatic carbocycles. The van der Waals surface area contributed by atoms with E-state index in [9.17, 15) is 4.79 Å². The summed E-state index contributed by atoms with van der Waals surface area (Å²) < 4.78 is 2.17. The third kappa shape index (κ3) is 3.72. The maximum Gasteiger partial charge on any atom is 0.220 e. The predicted molar refractivity (Wildman–Crippen MR) is 84.2 cm³/mol. The molecule has 0 spiro atoms. The molecule has 2 heterocycles. The van der Waals surface area contributed by atoms with Crippen LogP contribution in [0.5, 0.6) is 0 Å². The Morgan fingerprint density at radius 3 is 2.86 bits per heavy atom. The lowest BCUT2D eigenvalue weighted by molar-refractivity contribution is -0.121. The molecule has 0 atom stereocenters. The van der Waals surface area contributed by atoms with Crippen molar-refractivity contribution in [2.75, 3.05) is 0 Å². The first-order chi connectivity index (χ1) is 10.8. The number of aryl methyl sites for hydroxylation is 2. The summed E-state index contributed by atoms with van der Waals surface area (Å²) in [6.07, 6.45) is 5.86. The fraction of sp³-hybridized carbons (Fsp3) is 0.471. The number of nitrogens with one attached hydrogen (secondary N) is 1. The number of hydrogen-bond acceptors (Lipinski definition) is 3. The van der Waals surface area contributed by atoms with Crippen LogP contribution in [0.4, 0.5) is 0 Å². The molecule has 0 fully saturated rings. The van der Waals surface area contributed by atoms with Crippen LogP contribution in [0.2, 0.25) is 0 Å². The molecular weight excluding hydrogens is 276 g/mol. The van der Waals surface area contributed by atoms with Crippen LogP contribution in [-0.4, -0.2) is 20.7 Å². The number of nitrogens with zero attached hydrogens (tertiary/aromatic N) is 3. The number of amides is 1. The van der Waals surface area contributed by atoms with Gasteiger partial charge in [-0.15, -0.1) is 10.2 Å². The quantitative estimate of drug-likeness (QED) is 0.921. The number of hydrogen-bond donors (Lipinski definition) is 1. The summed E-state index contributed by atoms with van der Waals surface area (Å²) in [5.41, 5.74) is 1.19. The van der Waals surface area contributed by atoms with E-state index in [2.05, 4.69) is 20.1 Å². The summed E-state index contributed by atoms with van der Waals surface area (Å²) in [7, 11) is 0. The lowest BCUT2D eigenvalue weighted by Crippen LogP contribution is -2.25. The monoisotopic (exact) mass is 298 g/mol. The molecule has 0 radical (unpaired) electrons. The van der Waals surface area contributed by atoms with Gasteiger partial charge in [-0.3, -0.25) is 4.79 Å². The van der Waals surface area contributed by atoms with Gasteiger partial charge in [0.15, 0.2) is 5.82 Å². The summed E-state index contributed by atoms with van der Waals surface area (Å²) in [4.78, 5) is 12.0. The zero-order chi connectivity index (χ0) is 15.2. The van der Waals surface area contributed by atoms with Crippen molar-refractivity contribution in [3.05, 3.63) is 47.5 Å².